The normalized spacial score (nSPS) is 9.89. The van der Waals surface area contributed by atoms with E-state index >= 15 is 0 Å². The first kappa shape index (κ1) is 14.4. The van der Waals surface area contributed by atoms with Gasteiger partial charge < -0.3 is 5.11 Å². The lowest BCUT2D eigenvalue weighted by molar-refractivity contribution is -0.137. The van der Waals surface area contributed by atoms with E-state index in [-0.39, 0.29) is 13.0 Å². The van der Waals surface area contributed by atoms with Crippen LogP contribution in [-0.4, -0.2) is 34.3 Å². The third-order valence-electron chi connectivity index (χ3n) is 2.27. The number of hydrogen-bond donors (Lipinski definition) is 1. The third kappa shape index (κ3) is 3.96. The van der Waals surface area contributed by atoms with Gasteiger partial charge >= 0.3 is 5.97 Å². The lowest BCUT2D eigenvalue weighted by Crippen LogP contribution is -2.36. The largest absolute Gasteiger partial charge is 0.481 e. The molecule has 18 heavy (non-hydrogen) atoms. The lowest BCUT2D eigenvalue weighted by Gasteiger charge is -2.18. The standard InChI is InChI=1S/C12H12BrNO4/c1-8(15)14(7-6-11(16)17)12(18)9-2-4-10(13)5-3-9/h2-5H,6-7H2,1H3,(H,16,17). The van der Waals surface area contributed by atoms with Crippen molar-refractivity contribution in [2.75, 3.05) is 6.54 Å². The Bertz CT molecular complexity index is 469. The van der Waals surface area contributed by atoms with Gasteiger partial charge in [0.2, 0.25) is 5.91 Å². The molecule has 0 heterocycles. The number of aliphatic carboxylic acids is 1. The number of hydrogen-bond acceptors (Lipinski definition) is 3. The van der Waals surface area contributed by atoms with Crippen molar-refractivity contribution in [3.05, 3.63) is 34.3 Å². The summed E-state index contributed by atoms with van der Waals surface area (Å²) in [7, 11) is 0. The van der Waals surface area contributed by atoms with Crippen LogP contribution in [0.25, 0.3) is 0 Å². The fourth-order valence-electron chi connectivity index (χ4n) is 1.36. The van der Waals surface area contributed by atoms with Gasteiger partial charge in [-0.1, -0.05) is 15.9 Å². The van der Waals surface area contributed by atoms with Gasteiger partial charge in [-0.05, 0) is 24.3 Å². The topological polar surface area (TPSA) is 74.7 Å². The summed E-state index contributed by atoms with van der Waals surface area (Å²) >= 11 is 3.24. The highest BCUT2D eigenvalue weighted by molar-refractivity contribution is 9.10. The summed E-state index contributed by atoms with van der Waals surface area (Å²) in [5, 5.41) is 8.58. The summed E-state index contributed by atoms with van der Waals surface area (Å²) in [6.45, 7) is 1.11. The summed E-state index contributed by atoms with van der Waals surface area (Å²) in [5.41, 5.74) is 0.346. The third-order valence-corrected chi connectivity index (χ3v) is 2.79. The number of rotatable bonds is 4. The average Bonchev–Trinajstić information content (AvgIpc) is 2.29. The van der Waals surface area contributed by atoms with Crippen LogP contribution in [0.3, 0.4) is 0 Å². The molecule has 0 fully saturated rings. The van der Waals surface area contributed by atoms with Crippen molar-refractivity contribution in [2.45, 2.75) is 13.3 Å². The maximum absolute atomic E-state index is 12.0. The van der Waals surface area contributed by atoms with Crippen molar-refractivity contribution in [1.82, 2.24) is 4.90 Å². The summed E-state index contributed by atoms with van der Waals surface area (Å²) in [5.74, 6) is -2.01. The molecule has 0 aliphatic rings. The highest BCUT2D eigenvalue weighted by atomic mass is 79.9. The minimum absolute atomic E-state index is 0.125. The van der Waals surface area contributed by atoms with E-state index in [0.717, 1.165) is 9.37 Å². The van der Waals surface area contributed by atoms with Crippen molar-refractivity contribution in [3.63, 3.8) is 0 Å². The van der Waals surface area contributed by atoms with Gasteiger partial charge in [0.1, 0.15) is 0 Å². The molecule has 96 valence electrons. The van der Waals surface area contributed by atoms with Gasteiger partial charge in [0.25, 0.3) is 5.91 Å². The molecule has 0 bridgehead atoms. The second kappa shape index (κ2) is 6.30. The van der Waals surface area contributed by atoms with Crippen LogP contribution in [0, 0.1) is 0 Å². The van der Waals surface area contributed by atoms with Gasteiger partial charge in [-0.3, -0.25) is 19.3 Å². The molecule has 1 aromatic rings. The number of imide groups is 1. The monoisotopic (exact) mass is 313 g/mol. The first-order valence-corrected chi connectivity index (χ1v) is 6.01. The Balaban J connectivity index is 2.85. The predicted octanol–water partition coefficient (Wildman–Crippen LogP) is 1.91. The number of benzene rings is 1. The van der Waals surface area contributed by atoms with Gasteiger partial charge in [0, 0.05) is 23.5 Å². The Morgan fingerprint density at radius 2 is 1.78 bits per heavy atom. The van der Waals surface area contributed by atoms with E-state index in [2.05, 4.69) is 15.9 Å². The molecule has 2 amide bonds. The number of nitrogens with zero attached hydrogens (tertiary/aromatic N) is 1. The molecule has 0 atom stereocenters. The Morgan fingerprint density at radius 3 is 2.22 bits per heavy atom. The van der Waals surface area contributed by atoms with E-state index in [0.29, 0.717) is 5.56 Å². The Labute approximate surface area is 113 Å². The number of halogens is 1. The van der Waals surface area contributed by atoms with E-state index in [9.17, 15) is 14.4 Å². The van der Waals surface area contributed by atoms with Crippen LogP contribution in [0.4, 0.5) is 0 Å². The Morgan fingerprint density at radius 1 is 1.22 bits per heavy atom. The Hall–Kier alpha value is -1.69. The molecule has 0 saturated carbocycles. The second-order valence-corrected chi connectivity index (χ2v) is 4.54. The van der Waals surface area contributed by atoms with Crippen LogP contribution >= 0.6 is 15.9 Å². The van der Waals surface area contributed by atoms with Crippen LogP contribution in [0.2, 0.25) is 0 Å². The number of carboxylic acids is 1. The molecule has 0 radical (unpaired) electrons. The van der Waals surface area contributed by atoms with E-state index in [1.807, 2.05) is 0 Å². The zero-order valence-electron chi connectivity index (χ0n) is 9.72. The number of amides is 2. The number of carbonyl (C=O) groups is 3. The zero-order chi connectivity index (χ0) is 13.7. The Kier molecular flexibility index (Phi) is 5.03. The highest BCUT2D eigenvalue weighted by Crippen LogP contribution is 2.12. The molecule has 0 aliphatic heterocycles. The molecule has 1 rings (SSSR count). The molecule has 1 aromatic carbocycles. The van der Waals surface area contributed by atoms with Crippen LogP contribution in [-0.2, 0) is 9.59 Å². The fourth-order valence-corrected chi connectivity index (χ4v) is 1.62. The summed E-state index contributed by atoms with van der Waals surface area (Å²) in [6, 6.07) is 6.51. The van der Waals surface area contributed by atoms with Crippen LogP contribution in [0.1, 0.15) is 23.7 Å². The average molecular weight is 314 g/mol. The fraction of sp³-hybridized carbons (Fsp3) is 0.250. The number of carbonyl (C=O) groups excluding carboxylic acids is 2. The minimum atomic E-state index is -1.05. The molecule has 0 unspecified atom stereocenters. The predicted molar refractivity (Wildman–Crippen MR) is 68.1 cm³/mol. The molecule has 1 N–H and O–H groups in total. The zero-order valence-corrected chi connectivity index (χ0v) is 11.3. The highest BCUT2D eigenvalue weighted by Gasteiger charge is 2.20. The van der Waals surface area contributed by atoms with E-state index in [1.54, 1.807) is 24.3 Å². The first-order valence-electron chi connectivity index (χ1n) is 5.21. The molecule has 5 nitrogen and oxygen atoms in total. The summed E-state index contributed by atoms with van der Waals surface area (Å²) in [6.07, 6.45) is -0.262. The second-order valence-electron chi connectivity index (χ2n) is 3.63. The molecular weight excluding hydrogens is 302 g/mol. The molecule has 0 saturated heterocycles. The van der Waals surface area contributed by atoms with Crippen molar-refractivity contribution in [3.8, 4) is 0 Å². The van der Waals surface area contributed by atoms with Gasteiger partial charge in [-0.15, -0.1) is 0 Å². The van der Waals surface area contributed by atoms with E-state index in [4.69, 9.17) is 5.11 Å². The summed E-state index contributed by atoms with van der Waals surface area (Å²) < 4.78 is 0.818. The van der Waals surface area contributed by atoms with E-state index < -0.39 is 17.8 Å². The van der Waals surface area contributed by atoms with Gasteiger partial charge in [-0.2, -0.15) is 0 Å². The maximum Gasteiger partial charge on any atom is 0.305 e. The van der Waals surface area contributed by atoms with Gasteiger partial charge in [-0.25, -0.2) is 0 Å². The SMILES string of the molecule is CC(=O)N(CCC(=O)O)C(=O)c1ccc(Br)cc1. The summed E-state index contributed by atoms with van der Waals surface area (Å²) in [4.78, 5) is 34.8. The number of carboxylic acid groups (broad SMARTS) is 1. The minimum Gasteiger partial charge on any atom is -0.481 e. The molecule has 0 aliphatic carbocycles. The maximum atomic E-state index is 12.0. The lowest BCUT2D eigenvalue weighted by atomic mass is 10.2. The molecule has 0 spiro atoms. The van der Waals surface area contributed by atoms with Crippen molar-refractivity contribution in [1.29, 1.82) is 0 Å². The van der Waals surface area contributed by atoms with Crippen LogP contribution < -0.4 is 0 Å². The van der Waals surface area contributed by atoms with Gasteiger partial charge in [0.05, 0.1) is 6.42 Å². The first-order chi connectivity index (χ1) is 8.41. The van der Waals surface area contributed by atoms with Crippen molar-refractivity contribution in [2.24, 2.45) is 0 Å². The van der Waals surface area contributed by atoms with Crippen molar-refractivity contribution >= 4 is 33.7 Å². The van der Waals surface area contributed by atoms with E-state index in [1.165, 1.54) is 6.92 Å². The quantitative estimate of drug-likeness (QED) is 0.921. The molecular formula is C12H12BrNO4. The van der Waals surface area contributed by atoms with Crippen molar-refractivity contribution < 1.29 is 19.5 Å². The van der Waals surface area contributed by atoms with Crippen LogP contribution in [0.15, 0.2) is 28.7 Å². The molecule has 6 heteroatoms. The molecule has 0 aromatic heterocycles. The van der Waals surface area contributed by atoms with Gasteiger partial charge in [0.15, 0.2) is 0 Å². The smallest absolute Gasteiger partial charge is 0.305 e. The van der Waals surface area contributed by atoms with Crippen LogP contribution in [0.5, 0.6) is 0 Å².